The van der Waals surface area contributed by atoms with Crippen LogP contribution in [0.2, 0.25) is 0 Å². The quantitative estimate of drug-likeness (QED) is 0.129. The van der Waals surface area contributed by atoms with Gasteiger partial charge < -0.3 is 9.26 Å². The number of carbonyl (C=O) groups excluding carboxylic acids is 1. The van der Waals surface area contributed by atoms with Crippen molar-refractivity contribution in [2.45, 2.75) is 40.0 Å². The summed E-state index contributed by atoms with van der Waals surface area (Å²) in [4.78, 5) is 31.1. The van der Waals surface area contributed by atoms with Gasteiger partial charge >= 0.3 is 13.8 Å². The lowest BCUT2D eigenvalue weighted by atomic mass is 10.2. The second-order valence-corrected chi connectivity index (χ2v) is 11.0. The van der Waals surface area contributed by atoms with Gasteiger partial charge in [-0.25, -0.2) is 14.3 Å². The number of aromatic nitrogens is 2. The number of fused-ring (bicyclic) bond motifs is 1. The maximum Gasteiger partial charge on any atom is 0.531 e. The fourth-order valence-corrected chi connectivity index (χ4v) is 5.29. The highest BCUT2D eigenvalue weighted by Crippen LogP contribution is 2.51. The van der Waals surface area contributed by atoms with Crippen molar-refractivity contribution in [1.29, 1.82) is 0 Å². The van der Waals surface area contributed by atoms with Crippen LogP contribution >= 0.6 is 23.8 Å². The SMILES string of the molecule is CCCOC(=O)c1c(OP(=O)(OCc2ccccc2)OCc2ccccc2)n(CC)c2ncc(Br)cc2c1=O. The minimum atomic E-state index is -4.42. The Morgan fingerprint density at radius 2 is 1.56 bits per heavy atom. The zero-order chi connectivity index (χ0) is 27.8. The van der Waals surface area contributed by atoms with E-state index in [-0.39, 0.29) is 43.3 Å². The van der Waals surface area contributed by atoms with Gasteiger partial charge in [0.15, 0.2) is 5.56 Å². The van der Waals surface area contributed by atoms with E-state index in [9.17, 15) is 14.2 Å². The van der Waals surface area contributed by atoms with Gasteiger partial charge in [0, 0.05) is 17.2 Å². The number of hydrogen-bond donors (Lipinski definition) is 0. The predicted octanol–water partition coefficient (Wildman–Crippen LogP) is 6.67. The molecule has 2 aromatic carbocycles. The summed E-state index contributed by atoms with van der Waals surface area (Å²) in [5.74, 6) is -1.20. The van der Waals surface area contributed by atoms with E-state index in [1.54, 1.807) is 37.3 Å². The molecule has 2 heterocycles. The Bertz CT molecular complexity index is 1500. The van der Waals surface area contributed by atoms with Gasteiger partial charge in [-0.2, -0.15) is 0 Å². The number of phosphoric acid groups is 1. The molecule has 0 unspecified atom stereocenters. The largest absolute Gasteiger partial charge is 0.531 e. The molecule has 2 aromatic heterocycles. The second kappa shape index (κ2) is 13.2. The minimum absolute atomic E-state index is 0.0886. The first-order chi connectivity index (χ1) is 18.8. The monoisotopic (exact) mass is 614 g/mol. The summed E-state index contributed by atoms with van der Waals surface area (Å²) in [5, 5.41) is 0.173. The third kappa shape index (κ3) is 7.02. The Hall–Kier alpha value is -3.30. The summed E-state index contributed by atoms with van der Waals surface area (Å²) in [6, 6.07) is 19.7. The Kier molecular flexibility index (Phi) is 9.69. The van der Waals surface area contributed by atoms with E-state index in [0.717, 1.165) is 11.1 Å². The molecule has 4 aromatic rings. The van der Waals surface area contributed by atoms with E-state index in [0.29, 0.717) is 10.9 Å². The second-order valence-electron chi connectivity index (χ2n) is 8.47. The number of hydrogen-bond acceptors (Lipinski definition) is 8. The summed E-state index contributed by atoms with van der Waals surface area (Å²) in [6.45, 7) is 3.73. The Morgan fingerprint density at radius 1 is 0.974 bits per heavy atom. The van der Waals surface area contributed by atoms with E-state index in [4.69, 9.17) is 18.3 Å². The van der Waals surface area contributed by atoms with Crippen molar-refractivity contribution in [3.8, 4) is 5.88 Å². The molecule has 0 radical (unpaired) electrons. The number of rotatable bonds is 12. The van der Waals surface area contributed by atoms with Gasteiger partial charge in [-0.05, 0) is 46.5 Å². The fraction of sp³-hybridized carbons (Fsp3) is 0.250. The van der Waals surface area contributed by atoms with Crippen LogP contribution in [0.4, 0.5) is 0 Å². The number of benzene rings is 2. The molecule has 0 bridgehead atoms. The van der Waals surface area contributed by atoms with Crippen LogP contribution < -0.4 is 9.95 Å². The Balaban J connectivity index is 1.82. The Labute approximate surface area is 234 Å². The van der Waals surface area contributed by atoms with E-state index >= 15 is 0 Å². The van der Waals surface area contributed by atoms with E-state index in [1.807, 2.05) is 43.3 Å². The number of phosphoric ester groups is 1. The van der Waals surface area contributed by atoms with Crippen LogP contribution in [0.15, 0.2) is 82.2 Å². The molecule has 0 saturated carbocycles. The van der Waals surface area contributed by atoms with Gasteiger partial charge in [-0.15, -0.1) is 0 Å². The third-order valence-electron chi connectivity index (χ3n) is 5.64. The first kappa shape index (κ1) is 28.7. The Morgan fingerprint density at radius 3 is 2.10 bits per heavy atom. The van der Waals surface area contributed by atoms with E-state index < -0.39 is 24.8 Å². The number of carbonyl (C=O) groups is 1. The lowest BCUT2D eigenvalue weighted by Crippen LogP contribution is -2.24. The first-order valence-electron chi connectivity index (χ1n) is 12.4. The van der Waals surface area contributed by atoms with Crippen molar-refractivity contribution in [1.82, 2.24) is 9.55 Å². The highest BCUT2D eigenvalue weighted by molar-refractivity contribution is 9.10. The molecule has 0 aliphatic carbocycles. The summed E-state index contributed by atoms with van der Waals surface area (Å²) < 4.78 is 38.9. The van der Waals surface area contributed by atoms with Gasteiger partial charge in [-0.1, -0.05) is 67.6 Å². The number of aryl methyl sites for hydroxylation is 1. The number of nitrogens with zero attached hydrogens (tertiary/aromatic N) is 2. The van der Waals surface area contributed by atoms with Crippen molar-refractivity contribution >= 4 is 40.8 Å². The van der Waals surface area contributed by atoms with Crippen molar-refractivity contribution in [3.05, 3.63) is 104 Å². The number of esters is 1. The number of halogens is 1. The standard InChI is InChI=1S/C28H28BrN2O7P/c1-3-15-35-28(33)24-25(32)23-16-22(29)17-30-26(23)31(4-2)27(24)38-39(34,36-18-20-11-7-5-8-12-20)37-19-21-13-9-6-10-14-21/h5-14,16-17H,3-4,15,18-19H2,1-2H3. The maximum absolute atomic E-state index is 14.1. The van der Waals surface area contributed by atoms with Gasteiger partial charge in [0.05, 0.1) is 25.2 Å². The smallest absolute Gasteiger partial charge is 0.462 e. The molecular formula is C28H28BrN2O7P. The molecule has 0 amide bonds. The molecule has 204 valence electrons. The van der Waals surface area contributed by atoms with Gasteiger partial charge in [0.25, 0.3) is 0 Å². The maximum atomic E-state index is 14.1. The van der Waals surface area contributed by atoms with Crippen LogP contribution in [-0.4, -0.2) is 22.1 Å². The summed E-state index contributed by atoms with van der Waals surface area (Å²) in [7, 11) is -4.42. The van der Waals surface area contributed by atoms with Crippen LogP contribution in [0.3, 0.4) is 0 Å². The van der Waals surface area contributed by atoms with Crippen molar-refractivity contribution in [2.75, 3.05) is 6.61 Å². The van der Waals surface area contributed by atoms with Crippen LogP contribution in [0, 0.1) is 0 Å². The topological polar surface area (TPSA) is 106 Å². The van der Waals surface area contributed by atoms with Gasteiger partial charge in [0.2, 0.25) is 11.3 Å². The lowest BCUT2D eigenvalue weighted by molar-refractivity contribution is 0.0499. The van der Waals surface area contributed by atoms with Crippen molar-refractivity contribution in [2.24, 2.45) is 0 Å². The molecule has 4 rings (SSSR count). The predicted molar refractivity (Wildman–Crippen MR) is 151 cm³/mol. The van der Waals surface area contributed by atoms with Crippen LogP contribution in [0.1, 0.15) is 41.8 Å². The molecule has 0 aliphatic rings. The van der Waals surface area contributed by atoms with Crippen LogP contribution in [0.25, 0.3) is 11.0 Å². The summed E-state index contributed by atoms with van der Waals surface area (Å²) in [6.07, 6.45) is 2.06. The molecule has 39 heavy (non-hydrogen) atoms. The lowest BCUT2D eigenvalue weighted by Gasteiger charge is -2.23. The minimum Gasteiger partial charge on any atom is -0.462 e. The molecule has 0 atom stereocenters. The van der Waals surface area contributed by atoms with E-state index in [1.165, 1.54) is 10.8 Å². The van der Waals surface area contributed by atoms with E-state index in [2.05, 4.69) is 20.9 Å². The van der Waals surface area contributed by atoms with Gasteiger partial charge in [0.1, 0.15) is 5.65 Å². The zero-order valence-corrected chi connectivity index (χ0v) is 24.0. The average Bonchev–Trinajstić information content (AvgIpc) is 2.96. The third-order valence-corrected chi connectivity index (χ3v) is 7.36. The van der Waals surface area contributed by atoms with Gasteiger partial charge in [-0.3, -0.25) is 18.4 Å². The van der Waals surface area contributed by atoms with Crippen molar-refractivity contribution < 1.29 is 27.7 Å². The molecule has 0 spiro atoms. The summed E-state index contributed by atoms with van der Waals surface area (Å²) >= 11 is 3.33. The molecule has 0 aliphatic heterocycles. The first-order valence-corrected chi connectivity index (χ1v) is 14.7. The molecule has 0 N–H and O–H groups in total. The molecule has 0 fully saturated rings. The average molecular weight is 615 g/mol. The molecule has 9 nitrogen and oxygen atoms in total. The van der Waals surface area contributed by atoms with Crippen molar-refractivity contribution in [3.63, 3.8) is 0 Å². The molecule has 0 saturated heterocycles. The highest BCUT2D eigenvalue weighted by Gasteiger charge is 2.35. The van der Waals surface area contributed by atoms with Crippen LogP contribution in [-0.2, 0) is 38.1 Å². The molecule has 11 heteroatoms. The zero-order valence-electron chi connectivity index (χ0n) is 21.5. The van der Waals surface area contributed by atoms with Crippen LogP contribution in [0.5, 0.6) is 5.88 Å². The summed E-state index contributed by atoms with van der Waals surface area (Å²) in [5.41, 5.74) is 0.613. The number of pyridine rings is 2. The number of ether oxygens (including phenoxy) is 1. The molecular weight excluding hydrogens is 587 g/mol. The normalized spacial score (nSPS) is 11.5. The fourth-order valence-electron chi connectivity index (χ4n) is 3.76. The highest BCUT2D eigenvalue weighted by atomic mass is 79.9.